The third-order valence-corrected chi connectivity index (χ3v) is 6.34. The van der Waals surface area contributed by atoms with Gasteiger partial charge in [-0.25, -0.2) is 0 Å². The highest BCUT2D eigenvalue weighted by Gasteiger charge is 2.25. The molecule has 0 aliphatic rings. The Bertz CT molecular complexity index is 1300. The second-order valence-electron chi connectivity index (χ2n) is 9.81. The van der Waals surface area contributed by atoms with Crippen LogP contribution in [-0.4, -0.2) is 115 Å². The molecule has 0 N–H and O–H groups in total. The molecule has 0 saturated heterocycles. The van der Waals surface area contributed by atoms with Gasteiger partial charge in [-0.2, -0.15) is 0 Å². The zero-order valence-electron chi connectivity index (χ0n) is 23.8. The molecule has 0 spiro atoms. The van der Waals surface area contributed by atoms with E-state index in [9.17, 15) is 54.3 Å². The summed E-state index contributed by atoms with van der Waals surface area (Å²) in [6.07, 6.45) is 0. The van der Waals surface area contributed by atoms with E-state index in [2.05, 4.69) is 0 Å². The lowest BCUT2D eigenvalue weighted by atomic mass is 10.0. The maximum absolute atomic E-state index is 12.5. The van der Waals surface area contributed by atoms with Gasteiger partial charge in [-0.3, -0.25) is 19.5 Å². The summed E-state index contributed by atoms with van der Waals surface area (Å²) in [5, 5.41) is 56.5. The number of carboxylic acid groups (broad SMARTS) is 5. The molecule has 0 aliphatic heterocycles. The Morgan fingerprint density at radius 3 is 1.66 bits per heavy atom. The summed E-state index contributed by atoms with van der Waals surface area (Å²) >= 11 is 0. The number of aliphatic carboxylic acids is 5. The van der Waals surface area contributed by atoms with Gasteiger partial charge in [-0.15, -0.1) is 0 Å². The summed E-state index contributed by atoms with van der Waals surface area (Å²) in [5.74, 6) is -8.38. The van der Waals surface area contributed by atoms with Crippen LogP contribution >= 0.6 is 0 Å². The number of Topliss-reactive ketones (excluding diaryl/α,β-unsaturated/α-hetero) is 1. The standard InChI is InChI=1S/C29H35N3O12/c1-19(33)23-11-21(20-5-3-2-4-6-20)7-8-24(23)44-18-22(32(16-28(40)41)17-29(42)43)12-30(13-25(34)35)9-10-31(14-26(36)37)15-27(38)39/h2-8,11,22H,9-10,12-18H2,1H3,(H,34,35)(H,36,37)(H,38,39)(H,40,41)(H,42,43)/p-5. The molecule has 0 saturated carbocycles. The highest BCUT2D eigenvalue weighted by Crippen LogP contribution is 2.27. The number of hydrogen-bond acceptors (Lipinski definition) is 15. The quantitative estimate of drug-likeness (QED) is 0.119. The van der Waals surface area contributed by atoms with E-state index < -0.39 is 75.2 Å². The number of ether oxygens (including phenoxy) is 1. The molecule has 1 atom stereocenters. The molecule has 0 radical (unpaired) electrons. The molecular weight excluding hydrogens is 582 g/mol. The number of benzene rings is 2. The van der Waals surface area contributed by atoms with Crippen LogP contribution in [0.25, 0.3) is 11.1 Å². The lowest BCUT2D eigenvalue weighted by molar-refractivity contribution is -0.313. The van der Waals surface area contributed by atoms with E-state index in [0.717, 1.165) is 20.3 Å². The van der Waals surface area contributed by atoms with Crippen LogP contribution in [0.15, 0.2) is 48.5 Å². The van der Waals surface area contributed by atoms with Crippen molar-refractivity contribution in [2.75, 3.05) is 59.0 Å². The molecule has 0 fully saturated rings. The minimum absolute atomic E-state index is 0.0876. The van der Waals surface area contributed by atoms with Crippen LogP contribution in [0.5, 0.6) is 5.75 Å². The average molecular weight is 613 g/mol. The van der Waals surface area contributed by atoms with Gasteiger partial charge in [-0.05, 0) is 30.2 Å². The second kappa shape index (κ2) is 17.3. The number of carbonyl (C=O) groups excluding carboxylic acids is 6. The Kier molecular flexibility index (Phi) is 13.9. The molecule has 0 aliphatic carbocycles. The number of ketones is 1. The summed E-state index contributed by atoms with van der Waals surface area (Å²) in [6.45, 7) is -4.35. The SMILES string of the molecule is CC(=O)c1cc(-c2ccccc2)ccc1OCC(CN(CCN(CC(=O)[O-])CC(=O)[O-])CC(=O)[O-])N(CC(=O)[O-])CC(=O)[O-]. The van der Waals surface area contributed by atoms with E-state index in [0.29, 0.717) is 5.56 Å². The molecule has 44 heavy (non-hydrogen) atoms. The topological polar surface area (TPSA) is 237 Å². The average Bonchev–Trinajstić information content (AvgIpc) is 2.92. The van der Waals surface area contributed by atoms with E-state index in [1.54, 1.807) is 12.1 Å². The van der Waals surface area contributed by atoms with Crippen LogP contribution in [0.3, 0.4) is 0 Å². The first-order chi connectivity index (χ1) is 20.7. The highest BCUT2D eigenvalue weighted by molar-refractivity contribution is 5.98. The van der Waals surface area contributed by atoms with Gasteiger partial charge >= 0.3 is 0 Å². The zero-order valence-corrected chi connectivity index (χ0v) is 23.8. The van der Waals surface area contributed by atoms with Crippen molar-refractivity contribution in [3.8, 4) is 16.9 Å². The van der Waals surface area contributed by atoms with E-state index in [4.69, 9.17) is 4.74 Å². The second-order valence-corrected chi connectivity index (χ2v) is 9.81. The van der Waals surface area contributed by atoms with E-state index >= 15 is 0 Å². The minimum Gasteiger partial charge on any atom is -0.549 e. The predicted octanol–water partition coefficient (Wildman–Crippen LogP) is -6.04. The lowest BCUT2D eigenvalue weighted by Gasteiger charge is -2.37. The smallest absolute Gasteiger partial charge is 0.163 e. The van der Waals surface area contributed by atoms with Gasteiger partial charge in [0.2, 0.25) is 0 Å². The number of carbonyl (C=O) groups is 6. The Balaban J connectivity index is 2.39. The third-order valence-electron chi connectivity index (χ3n) is 6.34. The van der Waals surface area contributed by atoms with E-state index in [1.165, 1.54) is 13.0 Å². The molecule has 2 aromatic rings. The van der Waals surface area contributed by atoms with Crippen LogP contribution in [0, 0.1) is 0 Å². The number of nitrogens with zero attached hydrogens (tertiary/aromatic N) is 3. The first kappa shape index (κ1) is 35.3. The van der Waals surface area contributed by atoms with Crippen LogP contribution in [0.2, 0.25) is 0 Å². The van der Waals surface area contributed by atoms with Gasteiger partial charge in [-0.1, -0.05) is 36.4 Å². The number of carboxylic acids is 5. The van der Waals surface area contributed by atoms with E-state index in [1.807, 2.05) is 30.3 Å². The first-order valence-electron chi connectivity index (χ1n) is 13.3. The zero-order chi connectivity index (χ0) is 32.8. The third kappa shape index (κ3) is 12.6. The van der Waals surface area contributed by atoms with Crippen molar-refractivity contribution in [2.24, 2.45) is 0 Å². The first-order valence-corrected chi connectivity index (χ1v) is 13.3. The van der Waals surface area contributed by atoms with Gasteiger partial charge in [0.15, 0.2) is 5.78 Å². The normalized spacial score (nSPS) is 11.8. The molecule has 0 amide bonds. The fraction of sp³-hybridized carbons (Fsp3) is 0.379. The van der Waals surface area contributed by atoms with Crippen molar-refractivity contribution in [3.05, 3.63) is 54.1 Å². The maximum Gasteiger partial charge on any atom is 0.163 e. The molecule has 0 heterocycles. The van der Waals surface area contributed by atoms with Gasteiger partial charge in [0.1, 0.15) is 12.4 Å². The molecular formula is C29H30N3O12-5. The molecule has 0 aromatic heterocycles. The molecule has 2 aromatic carbocycles. The molecule has 0 bridgehead atoms. The Morgan fingerprint density at radius 2 is 1.16 bits per heavy atom. The van der Waals surface area contributed by atoms with Gasteiger partial charge in [0.05, 0.1) is 41.5 Å². The lowest BCUT2D eigenvalue weighted by Crippen LogP contribution is -2.56. The van der Waals surface area contributed by atoms with Crippen molar-refractivity contribution < 1.29 is 59.0 Å². The predicted molar refractivity (Wildman–Crippen MR) is 141 cm³/mol. The van der Waals surface area contributed by atoms with Crippen LogP contribution in [-0.2, 0) is 24.0 Å². The van der Waals surface area contributed by atoms with Gasteiger partial charge < -0.3 is 54.2 Å². The summed E-state index contributed by atoms with van der Waals surface area (Å²) < 4.78 is 5.87. The monoisotopic (exact) mass is 612 g/mol. The van der Waals surface area contributed by atoms with Crippen molar-refractivity contribution in [1.29, 1.82) is 0 Å². The fourth-order valence-electron chi connectivity index (χ4n) is 4.42. The minimum atomic E-state index is -1.66. The highest BCUT2D eigenvalue weighted by atomic mass is 16.5. The molecule has 2 rings (SSSR count). The van der Waals surface area contributed by atoms with Gasteiger partial charge in [0, 0.05) is 52.4 Å². The summed E-state index contributed by atoms with van der Waals surface area (Å²) in [7, 11) is 0. The maximum atomic E-state index is 12.5. The summed E-state index contributed by atoms with van der Waals surface area (Å²) in [4.78, 5) is 71.9. The molecule has 15 heteroatoms. The van der Waals surface area contributed by atoms with Crippen molar-refractivity contribution in [1.82, 2.24) is 14.7 Å². The molecule has 1 unspecified atom stereocenters. The summed E-state index contributed by atoms with van der Waals surface area (Å²) in [5.41, 5.74) is 1.69. The van der Waals surface area contributed by atoms with E-state index in [-0.39, 0.29) is 36.7 Å². The fourth-order valence-corrected chi connectivity index (χ4v) is 4.42. The summed E-state index contributed by atoms with van der Waals surface area (Å²) in [6, 6.07) is 12.7. The Hall–Kier alpha value is -4.86. The van der Waals surface area contributed by atoms with Crippen LogP contribution < -0.4 is 30.3 Å². The van der Waals surface area contributed by atoms with Crippen molar-refractivity contribution in [2.45, 2.75) is 13.0 Å². The number of hydrogen-bond donors (Lipinski definition) is 0. The largest absolute Gasteiger partial charge is 0.549 e. The Morgan fingerprint density at radius 1 is 0.659 bits per heavy atom. The number of rotatable bonds is 21. The van der Waals surface area contributed by atoms with Crippen LogP contribution in [0.1, 0.15) is 17.3 Å². The Labute approximate surface area is 252 Å². The van der Waals surface area contributed by atoms with Crippen LogP contribution in [0.4, 0.5) is 0 Å². The molecule has 238 valence electrons. The van der Waals surface area contributed by atoms with Crippen molar-refractivity contribution in [3.63, 3.8) is 0 Å². The van der Waals surface area contributed by atoms with Crippen molar-refractivity contribution >= 4 is 35.6 Å². The van der Waals surface area contributed by atoms with Gasteiger partial charge in [0.25, 0.3) is 0 Å². The molecule has 15 nitrogen and oxygen atoms in total.